The lowest BCUT2D eigenvalue weighted by molar-refractivity contribution is 0.414. The summed E-state index contributed by atoms with van der Waals surface area (Å²) in [7, 11) is 1.69. The summed E-state index contributed by atoms with van der Waals surface area (Å²) in [6.07, 6.45) is 1.83. The van der Waals surface area contributed by atoms with Crippen molar-refractivity contribution in [3.8, 4) is 5.75 Å². The van der Waals surface area contributed by atoms with Crippen LogP contribution in [0.5, 0.6) is 5.75 Å². The van der Waals surface area contributed by atoms with Crippen molar-refractivity contribution in [2.24, 2.45) is 4.99 Å². The summed E-state index contributed by atoms with van der Waals surface area (Å²) in [6, 6.07) is 14.7. The second-order valence-corrected chi connectivity index (χ2v) is 6.39. The minimum Gasteiger partial charge on any atom is -0.497 e. The van der Waals surface area contributed by atoms with Crippen molar-refractivity contribution in [1.29, 1.82) is 0 Å². The SMILES string of the molecule is COc1ccc(CC(C)Cl)c(C2=NCCc3ccccc32)c1. The summed E-state index contributed by atoms with van der Waals surface area (Å²) < 4.78 is 5.41. The van der Waals surface area contributed by atoms with E-state index in [0.29, 0.717) is 0 Å². The number of hydrogen-bond donors (Lipinski definition) is 0. The van der Waals surface area contributed by atoms with Crippen molar-refractivity contribution in [2.75, 3.05) is 13.7 Å². The zero-order valence-corrected chi connectivity index (χ0v) is 13.7. The number of aliphatic imine (C=N–C) groups is 1. The van der Waals surface area contributed by atoms with Crippen molar-refractivity contribution in [3.05, 3.63) is 64.7 Å². The van der Waals surface area contributed by atoms with Crippen LogP contribution in [0.25, 0.3) is 0 Å². The van der Waals surface area contributed by atoms with Crippen LogP contribution in [0.1, 0.15) is 29.2 Å². The van der Waals surface area contributed by atoms with E-state index in [1.807, 2.05) is 13.0 Å². The molecule has 1 aliphatic rings. The smallest absolute Gasteiger partial charge is 0.119 e. The van der Waals surface area contributed by atoms with Crippen molar-refractivity contribution >= 4 is 17.3 Å². The number of benzene rings is 2. The van der Waals surface area contributed by atoms with E-state index in [1.54, 1.807) is 7.11 Å². The molecule has 1 aliphatic heterocycles. The second-order valence-electron chi connectivity index (χ2n) is 5.65. The maximum absolute atomic E-state index is 6.23. The molecule has 0 radical (unpaired) electrons. The molecule has 0 aliphatic carbocycles. The van der Waals surface area contributed by atoms with E-state index in [9.17, 15) is 0 Å². The van der Waals surface area contributed by atoms with E-state index >= 15 is 0 Å². The van der Waals surface area contributed by atoms with Gasteiger partial charge in [-0.1, -0.05) is 30.3 Å². The molecule has 1 atom stereocenters. The van der Waals surface area contributed by atoms with Crippen LogP contribution in [0.2, 0.25) is 0 Å². The van der Waals surface area contributed by atoms with Gasteiger partial charge in [0, 0.05) is 23.0 Å². The minimum atomic E-state index is 0.0894. The zero-order valence-electron chi connectivity index (χ0n) is 13.0. The van der Waals surface area contributed by atoms with Crippen LogP contribution in [-0.4, -0.2) is 24.7 Å². The predicted octanol–water partition coefficient (Wildman–Crippen LogP) is 4.26. The molecule has 1 unspecified atom stereocenters. The van der Waals surface area contributed by atoms with Gasteiger partial charge in [-0.05, 0) is 43.0 Å². The standard InChI is InChI=1S/C19H20ClNO/c1-13(20)11-15-7-8-16(22-2)12-18(15)19-17-6-4-3-5-14(17)9-10-21-19/h3-8,12-13H,9-11H2,1-2H3. The summed E-state index contributed by atoms with van der Waals surface area (Å²) in [5.74, 6) is 0.853. The molecule has 0 amide bonds. The molecule has 22 heavy (non-hydrogen) atoms. The minimum absolute atomic E-state index is 0.0894. The van der Waals surface area contributed by atoms with Crippen LogP contribution in [0.15, 0.2) is 47.5 Å². The highest BCUT2D eigenvalue weighted by Crippen LogP contribution is 2.27. The van der Waals surface area contributed by atoms with Gasteiger partial charge < -0.3 is 4.74 Å². The molecule has 0 bridgehead atoms. The second kappa shape index (κ2) is 6.53. The van der Waals surface area contributed by atoms with E-state index in [-0.39, 0.29) is 5.38 Å². The Morgan fingerprint density at radius 3 is 2.77 bits per heavy atom. The van der Waals surface area contributed by atoms with Gasteiger partial charge in [0.05, 0.1) is 12.8 Å². The molecule has 0 saturated carbocycles. The quantitative estimate of drug-likeness (QED) is 0.773. The van der Waals surface area contributed by atoms with Crippen LogP contribution in [0.4, 0.5) is 0 Å². The fourth-order valence-electron chi connectivity index (χ4n) is 2.96. The molecule has 0 N–H and O–H groups in total. The molecule has 1 heterocycles. The van der Waals surface area contributed by atoms with Gasteiger partial charge in [0.1, 0.15) is 5.75 Å². The Balaban J connectivity index is 2.12. The molecule has 0 saturated heterocycles. The maximum atomic E-state index is 6.23. The Bertz CT molecular complexity index is 706. The number of methoxy groups -OCH3 is 1. The Hall–Kier alpha value is -1.80. The van der Waals surface area contributed by atoms with Crippen molar-refractivity contribution in [3.63, 3.8) is 0 Å². The zero-order chi connectivity index (χ0) is 15.5. The molecule has 3 heteroatoms. The molecule has 2 aromatic carbocycles. The number of halogens is 1. The molecule has 0 aromatic heterocycles. The molecule has 2 nitrogen and oxygen atoms in total. The van der Waals surface area contributed by atoms with E-state index in [0.717, 1.165) is 36.4 Å². The first-order valence-electron chi connectivity index (χ1n) is 7.63. The normalized spacial score (nSPS) is 15.0. The third kappa shape index (κ3) is 3.02. The highest BCUT2D eigenvalue weighted by atomic mass is 35.5. The third-order valence-corrected chi connectivity index (χ3v) is 4.15. The van der Waals surface area contributed by atoms with E-state index < -0.39 is 0 Å². The van der Waals surface area contributed by atoms with Gasteiger partial charge in [-0.15, -0.1) is 11.6 Å². The maximum Gasteiger partial charge on any atom is 0.119 e. The fourth-order valence-corrected chi connectivity index (χ4v) is 3.12. The lowest BCUT2D eigenvalue weighted by atomic mass is 9.90. The highest BCUT2D eigenvalue weighted by molar-refractivity contribution is 6.20. The Morgan fingerprint density at radius 2 is 2.00 bits per heavy atom. The largest absolute Gasteiger partial charge is 0.497 e. The average molecular weight is 314 g/mol. The van der Waals surface area contributed by atoms with E-state index in [4.69, 9.17) is 21.3 Å². The Labute approximate surface area is 136 Å². The lowest BCUT2D eigenvalue weighted by Gasteiger charge is -2.20. The lowest BCUT2D eigenvalue weighted by Crippen LogP contribution is -2.16. The van der Waals surface area contributed by atoms with Crippen LogP contribution in [0, 0.1) is 0 Å². The van der Waals surface area contributed by atoms with Gasteiger partial charge >= 0.3 is 0 Å². The molecule has 2 aromatic rings. The summed E-state index contributed by atoms with van der Waals surface area (Å²) in [4.78, 5) is 4.80. The Kier molecular flexibility index (Phi) is 4.49. The van der Waals surface area contributed by atoms with Crippen LogP contribution >= 0.6 is 11.6 Å². The average Bonchev–Trinajstić information content (AvgIpc) is 2.54. The summed E-state index contributed by atoms with van der Waals surface area (Å²) in [5, 5.41) is 0.0894. The number of rotatable bonds is 4. The van der Waals surface area contributed by atoms with Crippen LogP contribution < -0.4 is 4.74 Å². The van der Waals surface area contributed by atoms with E-state index in [2.05, 4.69) is 36.4 Å². The molecule has 0 fully saturated rings. The van der Waals surface area contributed by atoms with Gasteiger partial charge in [0.25, 0.3) is 0 Å². The molecule has 114 valence electrons. The number of ether oxygens (including phenoxy) is 1. The van der Waals surface area contributed by atoms with Crippen LogP contribution in [0.3, 0.4) is 0 Å². The molecule has 3 rings (SSSR count). The van der Waals surface area contributed by atoms with Gasteiger partial charge in [-0.2, -0.15) is 0 Å². The van der Waals surface area contributed by atoms with Crippen molar-refractivity contribution in [1.82, 2.24) is 0 Å². The summed E-state index contributed by atoms with van der Waals surface area (Å²) >= 11 is 6.23. The number of nitrogens with zero attached hydrogens (tertiary/aromatic N) is 1. The third-order valence-electron chi connectivity index (χ3n) is 4.00. The molecular formula is C19H20ClNO. The van der Waals surface area contributed by atoms with E-state index in [1.165, 1.54) is 16.7 Å². The van der Waals surface area contributed by atoms with Gasteiger partial charge in [-0.25, -0.2) is 0 Å². The first-order valence-corrected chi connectivity index (χ1v) is 8.06. The topological polar surface area (TPSA) is 21.6 Å². The number of fused-ring (bicyclic) bond motifs is 1. The van der Waals surface area contributed by atoms with Crippen LogP contribution in [-0.2, 0) is 12.8 Å². The molecular weight excluding hydrogens is 294 g/mol. The first-order chi connectivity index (χ1) is 10.7. The number of hydrogen-bond acceptors (Lipinski definition) is 2. The van der Waals surface area contributed by atoms with Crippen molar-refractivity contribution < 1.29 is 4.74 Å². The van der Waals surface area contributed by atoms with Gasteiger partial charge in [0.2, 0.25) is 0 Å². The monoisotopic (exact) mass is 313 g/mol. The van der Waals surface area contributed by atoms with Crippen molar-refractivity contribution in [2.45, 2.75) is 25.1 Å². The summed E-state index contributed by atoms with van der Waals surface area (Å²) in [6.45, 7) is 2.85. The Morgan fingerprint density at radius 1 is 1.18 bits per heavy atom. The van der Waals surface area contributed by atoms with Gasteiger partial charge in [0.15, 0.2) is 0 Å². The first kappa shape index (κ1) is 15.1. The highest BCUT2D eigenvalue weighted by Gasteiger charge is 2.19. The summed E-state index contributed by atoms with van der Waals surface area (Å²) in [5.41, 5.74) is 6.01. The predicted molar refractivity (Wildman–Crippen MR) is 92.7 cm³/mol. The fraction of sp³-hybridized carbons (Fsp3) is 0.316. The molecule has 0 spiro atoms. The number of alkyl halides is 1. The van der Waals surface area contributed by atoms with Gasteiger partial charge in [-0.3, -0.25) is 4.99 Å².